The Kier molecular flexibility index (Phi) is 4.43. The number of nitrogens with zero attached hydrogens (tertiary/aromatic N) is 2. The molecule has 0 saturated carbocycles. The van der Waals surface area contributed by atoms with Crippen molar-refractivity contribution < 1.29 is 4.79 Å². The highest BCUT2D eigenvalue weighted by molar-refractivity contribution is 9.10. The average molecular weight is 335 g/mol. The molecule has 1 aromatic carbocycles. The fourth-order valence-corrected chi connectivity index (χ4v) is 2.97. The van der Waals surface area contributed by atoms with Crippen molar-refractivity contribution in [3.8, 4) is 0 Å². The Bertz CT molecular complexity index is 646. The maximum Gasteiger partial charge on any atom is 0.279 e. The standard InChI is InChI=1S/C16H19BrN2O/c1-5-10(2)15-11(3)18-19(12(15)4)16(20)13-8-6-7-9-14(13)17/h6-10H,5H2,1-4H3. The fourth-order valence-electron chi connectivity index (χ4n) is 2.52. The molecular weight excluding hydrogens is 316 g/mol. The van der Waals surface area contributed by atoms with E-state index >= 15 is 0 Å². The largest absolute Gasteiger partial charge is 0.279 e. The molecule has 0 aliphatic rings. The third-order valence-corrected chi connectivity index (χ3v) is 4.44. The summed E-state index contributed by atoms with van der Waals surface area (Å²) in [5.74, 6) is 0.323. The van der Waals surface area contributed by atoms with Crippen LogP contribution < -0.4 is 0 Å². The van der Waals surface area contributed by atoms with Crippen molar-refractivity contribution in [2.24, 2.45) is 0 Å². The Morgan fingerprint density at radius 3 is 2.60 bits per heavy atom. The summed E-state index contributed by atoms with van der Waals surface area (Å²) >= 11 is 3.42. The predicted octanol–water partition coefficient (Wildman–Crippen LogP) is 4.46. The van der Waals surface area contributed by atoms with E-state index in [-0.39, 0.29) is 5.91 Å². The van der Waals surface area contributed by atoms with Crippen LogP contribution in [0.15, 0.2) is 28.7 Å². The second kappa shape index (κ2) is 5.92. The van der Waals surface area contributed by atoms with E-state index in [1.54, 1.807) is 0 Å². The quantitative estimate of drug-likeness (QED) is 0.830. The molecule has 0 fully saturated rings. The lowest BCUT2D eigenvalue weighted by Crippen LogP contribution is -2.16. The summed E-state index contributed by atoms with van der Waals surface area (Å²) in [6.07, 6.45) is 1.04. The van der Waals surface area contributed by atoms with E-state index in [2.05, 4.69) is 34.9 Å². The maximum absolute atomic E-state index is 12.6. The van der Waals surface area contributed by atoms with Gasteiger partial charge in [-0.05, 0) is 59.8 Å². The van der Waals surface area contributed by atoms with Gasteiger partial charge in [-0.25, -0.2) is 4.68 Å². The van der Waals surface area contributed by atoms with Gasteiger partial charge in [0.25, 0.3) is 5.91 Å². The molecule has 0 amide bonds. The van der Waals surface area contributed by atoms with Gasteiger partial charge in [0, 0.05) is 10.2 Å². The molecule has 4 heteroatoms. The van der Waals surface area contributed by atoms with E-state index in [1.165, 1.54) is 10.2 Å². The molecule has 0 N–H and O–H groups in total. The van der Waals surface area contributed by atoms with Crippen molar-refractivity contribution in [1.29, 1.82) is 0 Å². The van der Waals surface area contributed by atoms with E-state index in [4.69, 9.17) is 0 Å². The van der Waals surface area contributed by atoms with Gasteiger partial charge in [-0.3, -0.25) is 4.79 Å². The molecule has 2 rings (SSSR count). The van der Waals surface area contributed by atoms with Crippen molar-refractivity contribution in [2.75, 3.05) is 0 Å². The topological polar surface area (TPSA) is 34.9 Å². The van der Waals surface area contributed by atoms with Gasteiger partial charge in [0.1, 0.15) is 0 Å². The van der Waals surface area contributed by atoms with E-state index in [1.807, 2.05) is 38.1 Å². The minimum Gasteiger partial charge on any atom is -0.267 e. The van der Waals surface area contributed by atoms with Gasteiger partial charge < -0.3 is 0 Å². The second-order valence-electron chi connectivity index (χ2n) is 5.09. The van der Waals surface area contributed by atoms with Crippen LogP contribution in [-0.2, 0) is 0 Å². The Hall–Kier alpha value is -1.42. The molecule has 0 bridgehead atoms. The third kappa shape index (κ3) is 2.57. The van der Waals surface area contributed by atoms with Crippen LogP contribution in [0.5, 0.6) is 0 Å². The number of aromatic nitrogens is 2. The van der Waals surface area contributed by atoms with E-state index in [0.717, 1.165) is 22.3 Å². The summed E-state index contributed by atoms with van der Waals surface area (Å²) in [7, 11) is 0. The van der Waals surface area contributed by atoms with Crippen molar-refractivity contribution in [2.45, 2.75) is 40.0 Å². The first-order valence-electron chi connectivity index (χ1n) is 6.82. The van der Waals surface area contributed by atoms with Gasteiger partial charge in [-0.15, -0.1) is 0 Å². The van der Waals surface area contributed by atoms with Crippen LogP contribution in [0.2, 0.25) is 0 Å². The lowest BCUT2D eigenvalue weighted by molar-refractivity contribution is 0.0941. The monoisotopic (exact) mass is 334 g/mol. The number of hydrogen-bond acceptors (Lipinski definition) is 2. The number of carbonyl (C=O) groups is 1. The average Bonchev–Trinajstić information content (AvgIpc) is 2.73. The van der Waals surface area contributed by atoms with Crippen LogP contribution in [0.25, 0.3) is 0 Å². The fraction of sp³-hybridized carbons (Fsp3) is 0.375. The molecule has 0 aliphatic carbocycles. The number of carbonyl (C=O) groups excluding carboxylic acids is 1. The summed E-state index contributed by atoms with van der Waals surface area (Å²) in [5.41, 5.74) is 3.71. The molecule has 0 aliphatic heterocycles. The highest BCUT2D eigenvalue weighted by atomic mass is 79.9. The van der Waals surface area contributed by atoms with Crippen LogP contribution in [0.1, 0.15) is 53.5 Å². The van der Waals surface area contributed by atoms with Gasteiger partial charge >= 0.3 is 0 Å². The summed E-state index contributed by atoms with van der Waals surface area (Å²) in [6.45, 7) is 8.26. The summed E-state index contributed by atoms with van der Waals surface area (Å²) in [5, 5.41) is 4.44. The van der Waals surface area contributed by atoms with Crippen LogP contribution in [0.3, 0.4) is 0 Å². The Morgan fingerprint density at radius 2 is 2.00 bits per heavy atom. The summed E-state index contributed by atoms with van der Waals surface area (Å²) in [4.78, 5) is 12.6. The second-order valence-corrected chi connectivity index (χ2v) is 5.94. The van der Waals surface area contributed by atoms with Gasteiger partial charge in [0.2, 0.25) is 0 Å². The highest BCUT2D eigenvalue weighted by Gasteiger charge is 2.21. The first-order valence-corrected chi connectivity index (χ1v) is 7.62. The van der Waals surface area contributed by atoms with Crippen LogP contribution in [0.4, 0.5) is 0 Å². The van der Waals surface area contributed by atoms with E-state index in [9.17, 15) is 4.79 Å². The molecule has 0 radical (unpaired) electrons. The highest BCUT2D eigenvalue weighted by Crippen LogP contribution is 2.27. The first-order chi connectivity index (χ1) is 9.47. The number of rotatable bonds is 3. The predicted molar refractivity (Wildman–Crippen MR) is 84.3 cm³/mol. The van der Waals surface area contributed by atoms with Gasteiger partial charge in [-0.2, -0.15) is 5.10 Å². The minimum absolute atomic E-state index is 0.0902. The molecule has 106 valence electrons. The smallest absolute Gasteiger partial charge is 0.267 e. The molecule has 1 unspecified atom stereocenters. The van der Waals surface area contributed by atoms with Crippen molar-refractivity contribution >= 4 is 21.8 Å². The minimum atomic E-state index is -0.0902. The molecular formula is C16H19BrN2O. The van der Waals surface area contributed by atoms with Crippen LogP contribution in [-0.4, -0.2) is 15.7 Å². The van der Waals surface area contributed by atoms with E-state index < -0.39 is 0 Å². The molecule has 3 nitrogen and oxygen atoms in total. The van der Waals surface area contributed by atoms with Crippen LogP contribution >= 0.6 is 15.9 Å². The summed E-state index contributed by atoms with van der Waals surface area (Å²) < 4.78 is 2.32. The molecule has 1 atom stereocenters. The molecule has 0 saturated heterocycles. The number of halogens is 1. The molecule has 1 aromatic heterocycles. The number of aryl methyl sites for hydroxylation is 1. The van der Waals surface area contributed by atoms with Gasteiger partial charge in [-0.1, -0.05) is 26.0 Å². The lowest BCUT2D eigenvalue weighted by atomic mass is 9.97. The Morgan fingerprint density at radius 1 is 1.35 bits per heavy atom. The Balaban J connectivity index is 2.50. The normalized spacial score (nSPS) is 12.4. The third-order valence-electron chi connectivity index (χ3n) is 3.75. The zero-order valence-corrected chi connectivity index (χ0v) is 13.9. The zero-order chi connectivity index (χ0) is 14.9. The van der Waals surface area contributed by atoms with Crippen molar-refractivity contribution in [3.63, 3.8) is 0 Å². The maximum atomic E-state index is 12.6. The van der Waals surface area contributed by atoms with Gasteiger partial charge in [0.05, 0.1) is 11.3 Å². The van der Waals surface area contributed by atoms with Gasteiger partial charge in [0.15, 0.2) is 0 Å². The number of benzene rings is 1. The molecule has 1 heterocycles. The SMILES string of the molecule is CCC(C)c1c(C)nn(C(=O)c2ccccc2Br)c1C. The van der Waals surface area contributed by atoms with Crippen molar-refractivity contribution in [3.05, 3.63) is 51.3 Å². The lowest BCUT2D eigenvalue weighted by Gasteiger charge is -2.10. The van der Waals surface area contributed by atoms with E-state index in [0.29, 0.717) is 11.5 Å². The zero-order valence-electron chi connectivity index (χ0n) is 12.3. The number of hydrogen-bond donors (Lipinski definition) is 0. The summed E-state index contributed by atoms with van der Waals surface area (Å²) in [6, 6.07) is 7.44. The molecule has 0 spiro atoms. The molecule has 2 aromatic rings. The van der Waals surface area contributed by atoms with Crippen molar-refractivity contribution in [1.82, 2.24) is 9.78 Å². The Labute approximate surface area is 128 Å². The molecule has 20 heavy (non-hydrogen) atoms. The van der Waals surface area contributed by atoms with Crippen LogP contribution in [0, 0.1) is 13.8 Å². The first kappa shape index (κ1) is 15.0.